The molecule has 134 valence electrons. The van der Waals surface area contributed by atoms with Gasteiger partial charge in [0.2, 0.25) is 0 Å². The number of primary amides is 1. The molecule has 0 fully saturated rings. The molecule has 3 N–H and O–H groups in total. The van der Waals surface area contributed by atoms with Crippen molar-refractivity contribution in [2.45, 2.75) is 5.75 Å². The molecular weight excluding hydrogens is 374 g/mol. The Morgan fingerprint density at radius 3 is 2.73 bits per heavy atom. The quantitative estimate of drug-likeness (QED) is 0.651. The van der Waals surface area contributed by atoms with E-state index in [1.54, 1.807) is 42.3 Å². The molecule has 3 aromatic rings. The average molecular weight is 390 g/mol. The predicted molar refractivity (Wildman–Crippen MR) is 104 cm³/mol. The molecule has 0 saturated heterocycles. The van der Waals surface area contributed by atoms with Gasteiger partial charge in [-0.05, 0) is 35.9 Å². The summed E-state index contributed by atoms with van der Waals surface area (Å²) in [6, 6.07) is 12.4. The highest BCUT2D eigenvalue weighted by Gasteiger charge is 2.18. The second kappa shape index (κ2) is 7.41. The zero-order valence-electron chi connectivity index (χ0n) is 13.8. The third kappa shape index (κ3) is 3.70. The zero-order valence-corrected chi connectivity index (χ0v) is 15.4. The molecule has 0 bridgehead atoms. The number of aromatic nitrogens is 1. The van der Waals surface area contributed by atoms with Crippen molar-refractivity contribution in [3.05, 3.63) is 64.8 Å². The standard InChI is InChI=1S/C18H16ClN3O3S/c1-22(13-4-2-3-12(19)8-13)17-14-7-11(10-26(24)25)5-6-16(14)21-9-15(17)18(20)23/h2-9H,10H2,1H3,(H2,20,23)(H,24,25). The maximum atomic E-state index is 12.0. The Morgan fingerprint density at radius 2 is 2.08 bits per heavy atom. The van der Waals surface area contributed by atoms with Gasteiger partial charge in [-0.25, -0.2) is 4.21 Å². The van der Waals surface area contributed by atoms with Gasteiger partial charge in [0.1, 0.15) is 0 Å². The summed E-state index contributed by atoms with van der Waals surface area (Å²) in [7, 11) is 1.80. The minimum Gasteiger partial charge on any atom is -0.365 e. The Labute approximate surface area is 157 Å². The molecule has 0 aliphatic carbocycles. The number of carbonyl (C=O) groups excluding carboxylic acids is 1. The fourth-order valence-electron chi connectivity index (χ4n) is 2.81. The van der Waals surface area contributed by atoms with Gasteiger partial charge in [-0.2, -0.15) is 0 Å². The van der Waals surface area contributed by atoms with Gasteiger partial charge in [0.25, 0.3) is 5.91 Å². The van der Waals surface area contributed by atoms with Crippen LogP contribution in [0.4, 0.5) is 11.4 Å². The van der Waals surface area contributed by atoms with Crippen LogP contribution in [0.1, 0.15) is 15.9 Å². The van der Waals surface area contributed by atoms with E-state index in [1.807, 2.05) is 12.1 Å². The molecule has 0 aliphatic heterocycles. The van der Waals surface area contributed by atoms with E-state index in [0.29, 0.717) is 27.2 Å². The number of benzene rings is 2. The van der Waals surface area contributed by atoms with Crippen molar-refractivity contribution in [1.29, 1.82) is 0 Å². The lowest BCUT2D eigenvalue weighted by Gasteiger charge is -2.24. The first-order valence-electron chi connectivity index (χ1n) is 7.65. The van der Waals surface area contributed by atoms with Gasteiger partial charge in [-0.15, -0.1) is 0 Å². The summed E-state index contributed by atoms with van der Waals surface area (Å²) >= 11 is 4.11. The molecule has 26 heavy (non-hydrogen) atoms. The van der Waals surface area contributed by atoms with Crippen LogP contribution in [-0.4, -0.2) is 26.7 Å². The summed E-state index contributed by atoms with van der Waals surface area (Å²) in [6.07, 6.45) is 1.44. The van der Waals surface area contributed by atoms with Crippen LogP contribution in [-0.2, 0) is 16.8 Å². The first-order valence-corrected chi connectivity index (χ1v) is 9.30. The minimum absolute atomic E-state index is 0.0168. The highest BCUT2D eigenvalue weighted by atomic mass is 35.5. The summed E-state index contributed by atoms with van der Waals surface area (Å²) in [5.41, 5.74) is 8.43. The monoisotopic (exact) mass is 389 g/mol. The number of carbonyl (C=O) groups is 1. The highest BCUT2D eigenvalue weighted by molar-refractivity contribution is 7.78. The second-order valence-corrected chi connectivity index (χ2v) is 7.11. The number of fused-ring (bicyclic) bond motifs is 1. The van der Waals surface area contributed by atoms with E-state index < -0.39 is 17.0 Å². The van der Waals surface area contributed by atoms with Gasteiger partial charge in [-0.1, -0.05) is 23.7 Å². The van der Waals surface area contributed by atoms with E-state index in [1.165, 1.54) is 6.20 Å². The van der Waals surface area contributed by atoms with E-state index in [-0.39, 0.29) is 11.3 Å². The van der Waals surface area contributed by atoms with Crippen LogP contribution < -0.4 is 10.6 Å². The van der Waals surface area contributed by atoms with Crippen molar-refractivity contribution in [2.24, 2.45) is 5.73 Å². The first-order chi connectivity index (χ1) is 12.4. The number of nitrogens with zero attached hydrogens (tertiary/aromatic N) is 2. The lowest BCUT2D eigenvalue weighted by Crippen LogP contribution is -2.19. The Balaban J connectivity index is 2.26. The molecule has 1 heterocycles. The van der Waals surface area contributed by atoms with Crippen LogP contribution in [0.2, 0.25) is 5.02 Å². The van der Waals surface area contributed by atoms with Crippen molar-refractivity contribution in [1.82, 2.24) is 4.98 Å². The van der Waals surface area contributed by atoms with Crippen LogP contribution in [0.15, 0.2) is 48.7 Å². The fraction of sp³-hybridized carbons (Fsp3) is 0.111. The summed E-state index contributed by atoms with van der Waals surface area (Å²) in [4.78, 5) is 18.1. The molecule has 0 radical (unpaired) electrons. The van der Waals surface area contributed by atoms with E-state index in [4.69, 9.17) is 21.9 Å². The smallest absolute Gasteiger partial charge is 0.252 e. The van der Waals surface area contributed by atoms with Crippen LogP contribution in [0, 0.1) is 0 Å². The van der Waals surface area contributed by atoms with E-state index in [0.717, 1.165) is 5.69 Å². The number of rotatable bonds is 5. The highest BCUT2D eigenvalue weighted by Crippen LogP contribution is 2.35. The number of hydrogen-bond donors (Lipinski definition) is 2. The van der Waals surface area contributed by atoms with E-state index in [2.05, 4.69) is 4.98 Å². The number of hydrogen-bond acceptors (Lipinski definition) is 4. The van der Waals surface area contributed by atoms with Gasteiger partial charge in [-0.3, -0.25) is 9.78 Å². The molecule has 1 atom stereocenters. The Bertz CT molecular complexity index is 1030. The van der Waals surface area contributed by atoms with E-state index in [9.17, 15) is 9.00 Å². The van der Waals surface area contributed by atoms with Crippen LogP contribution in [0.3, 0.4) is 0 Å². The average Bonchev–Trinajstić information content (AvgIpc) is 2.59. The van der Waals surface area contributed by atoms with Crippen LogP contribution >= 0.6 is 11.6 Å². The van der Waals surface area contributed by atoms with E-state index >= 15 is 0 Å². The van der Waals surface area contributed by atoms with Crippen molar-refractivity contribution < 1.29 is 13.6 Å². The normalized spacial score (nSPS) is 12.1. The van der Waals surface area contributed by atoms with Gasteiger partial charge < -0.3 is 15.2 Å². The molecule has 1 amide bonds. The third-order valence-electron chi connectivity index (χ3n) is 3.99. The SMILES string of the molecule is CN(c1cccc(Cl)c1)c1c(C(N)=O)cnc2ccc(CS(=O)O)cc12. The minimum atomic E-state index is -1.97. The topological polar surface area (TPSA) is 96.5 Å². The maximum Gasteiger partial charge on any atom is 0.252 e. The van der Waals surface area contributed by atoms with Crippen LogP contribution in [0.25, 0.3) is 10.9 Å². The number of amides is 1. The molecular formula is C18H16ClN3O3S. The molecule has 0 saturated carbocycles. The van der Waals surface area contributed by atoms with Crippen molar-refractivity contribution in [3.8, 4) is 0 Å². The Hall–Kier alpha value is -2.48. The lowest BCUT2D eigenvalue weighted by molar-refractivity contribution is 0.100. The molecule has 2 aromatic carbocycles. The van der Waals surface area contributed by atoms with Gasteiger partial charge in [0, 0.05) is 29.3 Å². The summed E-state index contributed by atoms with van der Waals surface area (Å²) in [5, 5.41) is 1.22. The summed E-state index contributed by atoms with van der Waals surface area (Å²) in [5.74, 6) is -0.628. The van der Waals surface area contributed by atoms with Gasteiger partial charge in [0.05, 0.1) is 22.5 Å². The molecule has 0 spiro atoms. The molecule has 0 aliphatic rings. The zero-order chi connectivity index (χ0) is 18.8. The number of halogens is 1. The maximum absolute atomic E-state index is 12.0. The number of anilines is 2. The summed E-state index contributed by atoms with van der Waals surface area (Å²) in [6.45, 7) is 0. The van der Waals surface area contributed by atoms with Gasteiger partial charge >= 0.3 is 0 Å². The molecule has 6 nitrogen and oxygen atoms in total. The third-order valence-corrected chi connectivity index (χ3v) is 4.81. The molecule has 8 heteroatoms. The number of nitrogens with two attached hydrogens (primary N) is 1. The second-order valence-electron chi connectivity index (χ2n) is 5.74. The van der Waals surface area contributed by atoms with Crippen molar-refractivity contribution in [2.75, 3.05) is 11.9 Å². The lowest BCUT2D eigenvalue weighted by atomic mass is 10.0. The molecule has 3 rings (SSSR count). The van der Waals surface area contributed by atoms with Crippen LogP contribution in [0.5, 0.6) is 0 Å². The molecule has 1 aromatic heterocycles. The largest absolute Gasteiger partial charge is 0.365 e. The van der Waals surface area contributed by atoms with Gasteiger partial charge in [0.15, 0.2) is 11.1 Å². The Kier molecular flexibility index (Phi) is 5.22. The first kappa shape index (κ1) is 18.3. The van der Waals surface area contributed by atoms with Crippen molar-refractivity contribution in [3.63, 3.8) is 0 Å². The fourth-order valence-corrected chi connectivity index (χ4v) is 3.46. The number of pyridine rings is 1. The molecule has 1 unspecified atom stereocenters. The van der Waals surface area contributed by atoms with Crippen molar-refractivity contribution >= 4 is 50.9 Å². The predicted octanol–water partition coefficient (Wildman–Crippen LogP) is 3.48. The Morgan fingerprint density at radius 1 is 1.31 bits per heavy atom. The summed E-state index contributed by atoms with van der Waals surface area (Å²) < 4.78 is 20.3.